The number of likely N-dealkylation sites (tertiary alicyclic amines) is 1. The molecule has 0 aromatic carbocycles. The number of aromatic amines is 1. The molecule has 1 aliphatic rings. The van der Waals surface area contributed by atoms with Gasteiger partial charge in [0.05, 0.1) is 11.9 Å². The largest absolute Gasteiger partial charge is 0.442 e. The van der Waals surface area contributed by atoms with E-state index in [4.69, 9.17) is 4.42 Å². The minimum absolute atomic E-state index is 0.115. The number of piperidine rings is 1. The lowest BCUT2D eigenvalue weighted by Crippen LogP contribution is -2.43. The van der Waals surface area contributed by atoms with Gasteiger partial charge in [-0.05, 0) is 32.6 Å². The van der Waals surface area contributed by atoms with E-state index in [1.54, 1.807) is 6.92 Å². The Bertz CT molecular complexity index is 731. The molecule has 1 saturated heterocycles. The topological polar surface area (TPSA) is 79.2 Å². The third kappa shape index (κ3) is 2.24. The van der Waals surface area contributed by atoms with Crippen molar-refractivity contribution in [3.8, 4) is 0 Å². The number of nitrogens with zero attached hydrogens (tertiary/aromatic N) is 2. The minimum Gasteiger partial charge on any atom is -0.442 e. The molecule has 1 atom stereocenters. The molecule has 3 rings (SSSR count). The van der Waals surface area contributed by atoms with Gasteiger partial charge in [0.1, 0.15) is 11.1 Å². The number of hydrogen-bond donors (Lipinski definition) is 1. The lowest BCUT2D eigenvalue weighted by molar-refractivity contribution is 0.0608. The molecule has 6 nitrogen and oxygen atoms in total. The molecule has 6 heteroatoms. The molecule has 1 amide bonds. The van der Waals surface area contributed by atoms with E-state index in [0.717, 1.165) is 32.2 Å². The van der Waals surface area contributed by atoms with E-state index >= 15 is 0 Å². The summed E-state index contributed by atoms with van der Waals surface area (Å²) >= 11 is 0. The smallest absolute Gasteiger partial charge is 0.262 e. The molecule has 3 heterocycles. The zero-order chi connectivity index (χ0) is 15.0. The SMILES string of the molecule is CCC1CCCCN1C(=O)c1c(C)oc2nc[nH]c(=O)c12. The number of fused-ring (bicyclic) bond motifs is 1. The molecule has 1 aliphatic heterocycles. The molecule has 0 aliphatic carbocycles. The van der Waals surface area contributed by atoms with Crippen LogP contribution in [0.25, 0.3) is 11.1 Å². The second kappa shape index (κ2) is 5.35. The number of furan rings is 1. The van der Waals surface area contributed by atoms with Crippen LogP contribution in [0.5, 0.6) is 0 Å². The molecule has 1 unspecified atom stereocenters. The Morgan fingerprint density at radius 3 is 3.10 bits per heavy atom. The van der Waals surface area contributed by atoms with E-state index in [0.29, 0.717) is 11.3 Å². The average molecular weight is 289 g/mol. The maximum Gasteiger partial charge on any atom is 0.262 e. The van der Waals surface area contributed by atoms with Crippen molar-refractivity contribution < 1.29 is 9.21 Å². The average Bonchev–Trinajstić information content (AvgIpc) is 2.84. The van der Waals surface area contributed by atoms with E-state index in [1.165, 1.54) is 6.33 Å². The predicted molar refractivity (Wildman–Crippen MR) is 78.3 cm³/mol. The molecular formula is C15H19N3O3. The van der Waals surface area contributed by atoms with Crippen molar-refractivity contribution in [3.63, 3.8) is 0 Å². The molecular weight excluding hydrogens is 270 g/mol. The third-order valence-electron chi connectivity index (χ3n) is 4.24. The lowest BCUT2D eigenvalue weighted by Gasteiger charge is -2.35. The molecule has 0 bridgehead atoms. The van der Waals surface area contributed by atoms with Gasteiger partial charge in [-0.25, -0.2) is 4.98 Å². The third-order valence-corrected chi connectivity index (χ3v) is 4.24. The fourth-order valence-electron chi connectivity index (χ4n) is 3.15. The van der Waals surface area contributed by atoms with Crippen LogP contribution >= 0.6 is 0 Å². The number of nitrogens with one attached hydrogen (secondary N) is 1. The highest BCUT2D eigenvalue weighted by Gasteiger charge is 2.31. The Balaban J connectivity index is 2.09. The Morgan fingerprint density at radius 1 is 1.52 bits per heavy atom. The van der Waals surface area contributed by atoms with Crippen molar-refractivity contribution in [1.82, 2.24) is 14.9 Å². The maximum absolute atomic E-state index is 12.9. The number of H-pyrrole nitrogens is 1. The highest BCUT2D eigenvalue weighted by molar-refractivity contribution is 6.06. The van der Waals surface area contributed by atoms with Crippen molar-refractivity contribution in [3.05, 3.63) is 28.0 Å². The van der Waals surface area contributed by atoms with Gasteiger partial charge >= 0.3 is 0 Å². The molecule has 0 saturated carbocycles. The normalized spacial score (nSPS) is 19.1. The van der Waals surface area contributed by atoms with Crippen molar-refractivity contribution in [1.29, 1.82) is 0 Å². The van der Waals surface area contributed by atoms with E-state index in [9.17, 15) is 9.59 Å². The first kappa shape index (κ1) is 13.9. The number of rotatable bonds is 2. The van der Waals surface area contributed by atoms with Crippen molar-refractivity contribution in [2.24, 2.45) is 0 Å². The van der Waals surface area contributed by atoms with Crippen LogP contribution in [-0.2, 0) is 0 Å². The highest BCUT2D eigenvalue weighted by atomic mass is 16.3. The number of hydrogen-bond acceptors (Lipinski definition) is 4. The zero-order valence-electron chi connectivity index (χ0n) is 12.3. The van der Waals surface area contributed by atoms with Gasteiger partial charge in [-0.15, -0.1) is 0 Å². The van der Waals surface area contributed by atoms with Crippen LogP contribution in [0.2, 0.25) is 0 Å². The first-order valence-corrected chi connectivity index (χ1v) is 7.41. The first-order valence-electron chi connectivity index (χ1n) is 7.41. The molecule has 1 fully saturated rings. The summed E-state index contributed by atoms with van der Waals surface area (Å²) in [4.78, 5) is 33.3. The van der Waals surface area contributed by atoms with Gasteiger partial charge in [-0.3, -0.25) is 9.59 Å². The standard InChI is InChI=1S/C15H19N3O3/c1-3-10-6-4-5-7-18(10)15(20)11-9(2)21-14-12(11)13(19)16-8-17-14/h8,10H,3-7H2,1-2H3,(H,16,17,19). The van der Waals surface area contributed by atoms with E-state index in [2.05, 4.69) is 16.9 Å². The molecule has 2 aromatic rings. The molecule has 0 spiro atoms. The Labute approximate surface area is 122 Å². The molecule has 21 heavy (non-hydrogen) atoms. The second-order valence-electron chi connectivity index (χ2n) is 5.50. The van der Waals surface area contributed by atoms with Gasteiger partial charge in [0.2, 0.25) is 5.71 Å². The predicted octanol–water partition coefficient (Wildman–Crippen LogP) is 2.23. The van der Waals surface area contributed by atoms with Gasteiger partial charge in [0.25, 0.3) is 11.5 Å². The lowest BCUT2D eigenvalue weighted by atomic mass is 9.98. The summed E-state index contributed by atoms with van der Waals surface area (Å²) in [7, 11) is 0. The van der Waals surface area contributed by atoms with Crippen molar-refractivity contribution >= 4 is 17.0 Å². The summed E-state index contributed by atoms with van der Waals surface area (Å²) in [6.07, 6.45) is 5.39. The quantitative estimate of drug-likeness (QED) is 0.919. The van der Waals surface area contributed by atoms with Gasteiger partial charge in [-0.1, -0.05) is 6.92 Å². The highest BCUT2D eigenvalue weighted by Crippen LogP contribution is 2.26. The minimum atomic E-state index is -0.328. The van der Waals surface area contributed by atoms with Crippen LogP contribution < -0.4 is 5.56 Å². The molecule has 1 N–H and O–H groups in total. The van der Waals surface area contributed by atoms with Gasteiger partial charge < -0.3 is 14.3 Å². The first-order chi connectivity index (χ1) is 10.1. The van der Waals surface area contributed by atoms with Crippen LogP contribution in [0, 0.1) is 6.92 Å². The summed E-state index contributed by atoms with van der Waals surface area (Å²) < 4.78 is 5.48. The number of amides is 1. The van der Waals surface area contributed by atoms with Crippen LogP contribution in [-0.4, -0.2) is 33.4 Å². The monoisotopic (exact) mass is 289 g/mol. The Kier molecular flexibility index (Phi) is 3.53. The number of carbonyl (C=O) groups is 1. The Morgan fingerprint density at radius 2 is 2.33 bits per heavy atom. The van der Waals surface area contributed by atoms with E-state index in [1.807, 2.05) is 4.90 Å². The molecule has 0 radical (unpaired) electrons. The summed E-state index contributed by atoms with van der Waals surface area (Å²) in [6, 6.07) is 0.242. The molecule has 2 aromatic heterocycles. The van der Waals surface area contributed by atoms with Crippen molar-refractivity contribution in [2.75, 3.05) is 6.54 Å². The fourth-order valence-corrected chi connectivity index (χ4v) is 3.15. The number of aryl methyl sites for hydroxylation is 1. The summed E-state index contributed by atoms with van der Waals surface area (Å²) in [5.74, 6) is 0.343. The van der Waals surface area contributed by atoms with E-state index < -0.39 is 0 Å². The van der Waals surface area contributed by atoms with Gasteiger partial charge in [-0.2, -0.15) is 0 Å². The summed E-state index contributed by atoms with van der Waals surface area (Å²) in [6.45, 7) is 4.53. The van der Waals surface area contributed by atoms with Crippen LogP contribution in [0.1, 0.15) is 48.7 Å². The van der Waals surface area contributed by atoms with Gasteiger partial charge in [0, 0.05) is 12.6 Å². The van der Waals surface area contributed by atoms with Crippen molar-refractivity contribution in [2.45, 2.75) is 45.6 Å². The summed E-state index contributed by atoms with van der Waals surface area (Å²) in [5, 5.41) is 0.264. The van der Waals surface area contributed by atoms with Gasteiger partial charge in [0.15, 0.2) is 0 Å². The van der Waals surface area contributed by atoms with Crippen LogP contribution in [0.15, 0.2) is 15.5 Å². The second-order valence-corrected chi connectivity index (χ2v) is 5.50. The maximum atomic E-state index is 12.9. The zero-order valence-corrected chi connectivity index (χ0v) is 12.3. The Hall–Kier alpha value is -2.11. The summed E-state index contributed by atoms with van der Waals surface area (Å²) in [5.41, 5.74) is 0.259. The van der Waals surface area contributed by atoms with E-state index in [-0.39, 0.29) is 28.6 Å². The molecule has 112 valence electrons. The number of carbonyl (C=O) groups excluding carboxylic acids is 1. The fraction of sp³-hybridized carbons (Fsp3) is 0.533. The number of aromatic nitrogens is 2. The van der Waals surface area contributed by atoms with Crippen LogP contribution in [0.3, 0.4) is 0 Å². The van der Waals surface area contributed by atoms with Crippen LogP contribution in [0.4, 0.5) is 0 Å².